The topological polar surface area (TPSA) is 84.5 Å². The van der Waals surface area contributed by atoms with Crippen LogP contribution >= 0.6 is 0 Å². The molecule has 1 amide bonds. The fourth-order valence-electron chi connectivity index (χ4n) is 1.73. The molecule has 6 nitrogen and oxygen atoms in total. The third-order valence-corrected chi connectivity index (χ3v) is 4.41. The number of hydrogen-bond donors (Lipinski definition) is 2. The van der Waals surface area contributed by atoms with Gasteiger partial charge >= 0.3 is 0 Å². The lowest BCUT2D eigenvalue weighted by Crippen LogP contribution is -2.35. The number of ether oxygens (including phenoxy) is 1. The number of carbonyl (C=O) groups excluding carboxylic acids is 1. The zero-order chi connectivity index (χ0) is 12.7. The minimum atomic E-state index is -2.84. The van der Waals surface area contributed by atoms with E-state index in [0.29, 0.717) is 32.5 Å². The summed E-state index contributed by atoms with van der Waals surface area (Å²) in [4.78, 5) is 11.3. The van der Waals surface area contributed by atoms with Crippen molar-refractivity contribution in [2.24, 2.45) is 0 Å². The van der Waals surface area contributed by atoms with Crippen LogP contribution in [0, 0.1) is 0 Å². The minimum absolute atomic E-state index is 0.00627. The van der Waals surface area contributed by atoms with Crippen molar-refractivity contribution >= 4 is 15.7 Å². The van der Waals surface area contributed by atoms with E-state index in [9.17, 15) is 13.2 Å². The van der Waals surface area contributed by atoms with Crippen molar-refractivity contribution in [1.82, 2.24) is 10.6 Å². The average Bonchev–Trinajstić information content (AvgIpc) is 2.59. The van der Waals surface area contributed by atoms with Crippen LogP contribution in [-0.4, -0.2) is 58.7 Å². The first-order valence-electron chi connectivity index (χ1n) is 5.73. The smallest absolute Gasteiger partial charge is 0.221 e. The van der Waals surface area contributed by atoms with Gasteiger partial charge in [-0.05, 0) is 6.42 Å². The summed E-state index contributed by atoms with van der Waals surface area (Å²) in [6.45, 7) is 1.52. The van der Waals surface area contributed by atoms with Crippen molar-refractivity contribution in [3.63, 3.8) is 0 Å². The van der Waals surface area contributed by atoms with Crippen molar-refractivity contribution in [2.45, 2.75) is 18.9 Å². The Morgan fingerprint density at radius 3 is 2.76 bits per heavy atom. The van der Waals surface area contributed by atoms with Gasteiger partial charge in [0.25, 0.3) is 0 Å². The SMILES string of the molecule is COCCNC(=O)CCNC1CCS(=O)(=O)C1. The Bertz CT molecular complexity index is 342. The van der Waals surface area contributed by atoms with Crippen molar-refractivity contribution in [3.05, 3.63) is 0 Å². The molecule has 0 aromatic rings. The number of hydrogen-bond acceptors (Lipinski definition) is 5. The number of carbonyl (C=O) groups is 1. The fourth-order valence-corrected chi connectivity index (χ4v) is 3.43. The molecule has 1 atom stereocenters. The second kappa shape index (κ2) is 6.93. The molecule has 1 heterocycles. The first-order valence-corrected chi connectivity index (χ1v) is 7.55. The minimum Gasteiger partial charge on any atom is -0.383 e. The third-order valence-electron chi connectivity index (χ3n) is 2.65. The zero-order valence-corrected chi connectivity index (χ0v) is 10.9. The molecule has 0 radical (unpaired) electrons. The Morgan fingerprint density at radius 2 is 2.18 bits per heavy atom. The molecule has 0 spiro atoms. The molecule has 100 valence electrons. The molecule has 1 aliphatic heterocycles. The quantitative estimate of drug-likeness (QED) is 0.571. The number of methoxy groups -OCH3 is 1. The van der Waals surface area contributed by atoms with Gasteiger partial charge in [-0.1, -0.05) is 0 Å². The maximum atomic E-state index is 11.3. The van der Waals surface area contributed by atoms with Crippen LogP contribution in [0.25, 0.3) is 0 Å². The van der Waals surface area contributed by atoms with Crippen LogP contribution in [-0.2, 0) is 19.4 Å². The first kappa shape index (κ1) is 14.4. The molecule has 7 heteroatoms. The summed E-state index contributed by atoms with van der Waals surface area (Å²) in [5.74, 6) is 0.401. The van der Waals surface area contributed by atoms with Crippen LogP contribution in [0.4, 0.5) is 0 Å². The third kappa shape index (κ3) is 5.99. The number of nitrogens with one attached hydrogen (secondary N) is 2. The molecule has 1 unspecified atom stereocenters. The number of sulfone groups is 1. The van der Waals surface area contributed by atoms with Gasteiger partial charge in [-0.3, -0.25) is 4.79 Å². The Kier molecular flexibility index (Phi) is 5.87. The molecule has 0 aromatic carbocycles. The second-order valence-corrected chi connectivity index (χ2v) is 6.38. The first-order chi connectivity index (χ1) is 8.03. The highest BCUT2D eigenvalue weighted by atomic mass is 32.2. The van der Waals surface area contributed by atoms with Gasteiger partial charge in [0.15, 0.2) is 9.84 Å². The van der Waals surface area contributed by atoms with Gasteiger partial charge in [0.1, 0.15) is 0 Å². The molecule has 1 aliphatic rings. The maximum Gasteiger partial charge on any atom is 0.221 e. The van der Waals surface area contributed by atoms with Crippen LogP contribution < -0.4 is 10.6 Å². The van der Waals surface area contributed by atoms with Crippen molar-refractivity contribution in [2.75, 3.05) is 38.3 Å². The second-order valence-electron chi connectivity index (χ2n) is 4.15. The number of rotatable bonds is 7. The van der Waals surface area contributed by atoms with Crippen molar-refractivity contribution in [3.8, 4) is 0 Å². The molecule has 0 aliphatic carbocycles. The average molecular weight is 264 g/mol. The lowest BCUT2D eigenvalue weighted by atomic mass is 10.2. The van der Waals surface area contributed by atoms with Gasteiger partial charge < -0.3 is 15.4 Å². The van der Waals surface area contributed by atoms with E-state index in [1.165, 1.54) is 0 Å². The van der Waals surface area contributed by atoms with Crippen LogP contribution in [0.5, 0.6) is 0 Å². The molecular weight excluding hydrogens is 244 g/mol. The summed E-state index contributed by atoms with van der Waals surface area (Å²) in [7, 11) is -1.27. The van der Waals surface area contributed by atoms with E-state index in [0.717, 1.165) is 0 Å². The van der Waals surface area contributed by atoms with Crippen LogP contribution in [0.3, 0.4) is 0 Å². The van der Waals surface area contributed by atoms with Crippen LogP contribution in [0.1, 0.15) is 12.8 Å². The fraction of sp³-hybridized carbons (Fsp3) is 0.900. The Balaban J connectivity index is 2.06. The molecule has 2 N–H and O–H groups in total. The molecule has 17 heavy (non-hydrogen) atoms. The molecule has 0 saturated carbocycles. The molecule has 1 fully saturated rings. The van der Waals surface area contributed by atoms with Crippen LogP contribution in [0.2, 0.25) is 0 Å². The summed E-state index contributed by atoms with van der Waals surface area (Å²) in [5.41, 5.74) is 0. The van der Waals surface area contributed by atoms with E-state index >= 15 is 0 Å². The van der Waals surface area contributed by atoms with Crippen LogP contribution in [0.15, 0.2) is 0 Å². The van der Waals surface area contributed by atoms with E-state index in [1.54, 1.807) is 7.11 Å². The summed E-state index contributed by atoms with van der Waals surface area (Å²) >= 11 is 0. The Labute approximate surface area is 102 Å². The Morgan fingerprint density at radius 1 is 1.41 bits per heavy atom. The largest absolute Gasteiger partial charge is 0.383 e. The summed E-state index contributed by atoms with van der Waals surface area (Å²) in [6.07, 6.45) is 1.01. The maximum absolute atomic E-state index is 11.3. The molecule has 0 bridgehead atoms. The van der Waals surface area contributed by atoms with Gasteiger partial charge in [-0.2, -0.15) is 0 Å². The molecule has 1 saturated heterocycles. The van der Waals surface area contributed by atoms with Crippen molar-refractivity contribution in [1.29, 1.82) is 0 Å². The lowest BCUT2D eigenvalue weighted by molar-refractivity contribution is -0.121. The predicted molar refractivity (Wildman–Crippen MR) is 64.6 cm³/mol. The van der Waals surface area contributed by atoms with Gasteiger partial charge in [-0.15, -0.1) is 0 Å². The van der Waals surface area contributed by atoms with E-state index in [2.05, 4.69) is 10.6 Å². The Hall–Kier alpha value is -0.660. The number of amides is 1. The molecule has 1 rings (SSSR count). The highest BCUT2D eigenvalue weighted by Crippen LogP contribution is 2.10. The summed E-state index contributed by atoms with van der Waals surface area (Å²) in [6, 6.07) is 0.00627. The van der Waals surface area contributed by atoms with Gasteiger partial charge in [0.05, 0.1) is 18.1 Å². The highest BCUT2D eigenvalue weighted by Gasteiger charge is 2.27. The standard InChI is InChI=1S/C10H20N2O4S/c1-16-6-5-12-10(13)2-4-11-9-3-7-17(14,15)8-9/h9,11H,2-8H2,1H3,(H,12,13). The summed E-state index contributed by atoms with van der Waals surface area (Å²) < 4.78 is 27.2. The van der Waals surface area contributed by atoms with Crippen molar-refractivity contribution < 1.29 is 17.9 Å². The molecular formula is C10H20N2O4S. The zero-order valence-electron chi connectivity index (χ0n) is 10.1. The van der Waals surface area contributed by atoms with E-state index in [4.69, 9.17) is 4.74 Å². The lowest BCUT2D eigenvalue weighted by Gasteiger charge is -2.10. The monoisotopic (exact) mass is 264 g/mol. The predicted octanol–water partition coefficient (Wildman–Crippen LogP) is -1.08. The summed E-state index contributed by atoms with van der Waals surface area (Å²) in [5, 5.41) is 5.79. The van der Waals surface area contributed by atoms with Gasteiger partial charge in [0, 0.05) is 32.7 Å². The van der Waals surface area contributed by atoms with Gasteiger partial charge in [0.2, 0.25) is 5.91 Å². The van der Waals surface area contributed by atoms with E-state index in [-0.39, 0.29) is 23.5 Å². The van der Waals surface area contributed by atoms with E-state index < -0.39 is 9.84 Å². The normalized spacial score (nSPS) is 22.5. The highest BCUT2D eigenvalue weighted by molar-refractivity contribution is 7.91. The van der Waals surface area contributed by atoms with E-state index in [1.807, 2.05) is 0 Å². The molecule has 0 aromatic heterocycles. The van der Waals surface area contributed by atoms with Gasteiger partial charge in [-0.25, -0.2) is 8.42 Å².